The minimum absolute atomic E-state index is 0.173. The molecular weight excluding hydrogens is 170 g/mol. The first-order valence-corrected chi connectivity index (χ1v) is 4.63. The molecule has 2 atom stereocenters. The Labute approximate surface area is 78.3 Å². The summed E-state index contributed by atoms with van der Waals surface area (Å²) in [5.41, 5.74) is -1.39. The molecule has 4 nitrogen and oxygen atoms in total. The normalized spacial score (nSPS) is 27.8. The average Bonchev–Trinajstić information content (AvgIpc) is 2.18. The number of carbonyl (C=O) groups excluding carboxylic acids is 1. The second kappa shape index (κ2) is 4.07. The SMILES string of the molecule is COC(=O)C(C)(O)C1CCCCN1. The van der Waals surface area contributed by atoms with Crippen molar-refractivity contribution in [1.29, 1.82) is 0 Å². The molecule has 1 rings (SSSR count). The van der Waals surface area contributed by atoms with Crippen molar-refractivity contribution in [3.05, 3.63) is 0 Å². The van der Waals surface area contributed by atoms with Crippen molar-refractivity contribution < 1.29 is 14.6 Å². The van der Waals surface area contributed by atoms with Gasteiger partial charge < -0.3 is 15.2 Å². The van der Waals surface area contributed by atoms with Crippen LogP contribution < -0.4 is 5.32 Å². The lowest BCUT2D eigenvalue weighted by Gasteiger charge is -2.33. The Morgan fingerprint density at radius 1 is 1.62 bits per heavy atom. The molecule has 0 aromatic heterocycles. The average molecular weight is 187 g/mol. The van der Waals surface area contributed by atoms with E-state index >= 15 is 0 Å². The number of methoxy groups -OCH3 is 1. The van der Waals surface area contributed by atoms with Crippen LogP contribution in [0.2, 0.25) is 0 Å². The fraction of sp³-hybridized carbons (Fsp3) is 0.889. The summed E-state index contributed by atoms with van der Waals surface area (Å²) >= 11 is 0. The molecule has 0 amide bonds. The Balaban J connectivity index is 2.60. The maximum absolute atomic E-state index is 11.2. The third-order valence-corrected chi connectivity index (χ3v) is 2.59. The van der Waals surface area contributed by atoms with E-state index in [0.717, 1.165) is 25.8 Å². The fourth-order valence-corrected chi connectivity index (χ4v) is 1.68. The number of piperidine rings is 1. The molecule has 0 aromatic carbocycles. The van der Waals surface area contributed by atoms with Gasteiger partial charge in [0.1, 0.15) is 0 Å². The lowest BCUT2D eigenvalue weighted by molar-refractivity contribution is -0.164. The van der Waals surface area contributed by atoms with Gasteiger partial charge >= 0.3 is 5.97 Å². The van der Waals surface area contributed by atoms with E-state index < -0.39 is 11.6 Å². The summed E-state index contributed by atoms with van der Waals surface area (Å²) < 4.78 is 4.54. The minimum atomic E-state index is -1.39. The number of hydrogen-bond donors (Lipinski definition) is 2. The summed E-state index contributed by atoms with van der Waals surface area (Å²) in [7, 11) is 1.29. The summed E-state index contributed by atoms with van der Waals surface area (Å²) in [6.45, 7) is 2.36. The van der Waals surface area contributed by atoms with Gasteiger partial charge in [0.25, 0.3) is 0 Å². The lowest BCUT2D eigenvalue weighted by atomic mass is 9.89. The second-order valence-electron chi connectivity index (χ2n) is 3.64. The standard InChI is InChI=1S/C9H17NO3/c1-9(12,8(11)13-2)7-5-3-4-6-10-7/h7,10,12H,3-6H2,1-2H3. The topological polar surface area (TPSA) is 58.6 Å². The molecule has 0 aliphatic carbocycles. The van der Waals surface area contributed by atoms with E-state index in [1.165, 1.54) is 14.0 Å². The van der Waals surface area contributed by atoms with Crippen molar-refractivity contribution >= 4 is 5.97 Å². The number of aliphatic hydroxyl groups is 1. The highest BCUT2D eigenvalue weighted by atomic mass is 16.5. The van der Waals surface area contributed by atoms with Crippen LogP contribution in [-0.4, -0.2) is 36.4 Å². The van der Waals surface area contributed by atoms with Crippen molar-refractivity contribution in [3.8, 4) is 0 Å². The predicted octanol–water partition coefficient (Wildman–Crippen LogP) is 0.0525. The van der Waals surface area contributed by atoms with Crippen LogP contribution in [0, 0.1) is 0 Å². The highest BCUT2D eigenvalue weighted by Gasteiger charge is 2.40. The van der Waals surface area contributed by atoms with Crippen LogP contribution in [0.15, 0.2) is 0 Å². The first-order chi connectivity index (χ1) is 6.09. The Kier molecular flexibility index (Phi) is 3.27. The smallest absolute Gasteiger partial charge is 0.339 e. The molecule has 2 N–H and O–H groups in total. The van der Waals surface area contributed by atoms with Gasteiger partial charge in [-0.15, -0.1) is 0 Å². The van der Waals surface area contributed by atoms with Gasteiger partial charge in [-0.1, -0.05) is 6.42 Å². The molecule has 76 valence electrons. The van der Waals surface area contributed by atoms with Gasteiger partial charge in [0.05, 0.1) is 7.11 Å². The molecule has 13 heavy (non-hydrogen) atoms. The zero-order chi connectivity index (χ0) is 9.90. The van der Waals surface area contributed by atoms with E-state index in [1.807, 2.05) is 0 Å². The van der Waals surface area contributed by atoms with Crippen molar-refractivity contribution in [1.82, 2.24) is 5.32 Å². The Morgan fingerprint density at radius 2 is 2.31 bits per heavy atom. The molecule has 1 saturated heterocycles. The van der Waals surface area contributed by atoms with Crippen LogP contribution >= 0.6 is 0 Å². The third-order valence-electron chi connectivity index (χ3n) is 2.59. The number of rotatable bonds is 2. The number of hydrogen-bond acceptors (Lipinski definition) is 4. The fourth-order valence-electron chi connectivity index (χ4n) is 1.68. The number of carbonyl (C=O) groups is 1. The summed E-state index contributed by atoms with van der Waals surface area (Å²) in [4.78, 5) is 11.2. The maximum atomic E-state index is 11.2. The molecule has 1 heterocycles. The molecule has 4 heteroatoms. The van der Waals surface area contributed by atoms with E-state index in [0.29, 0.717) is 0 Å². The van der Waals surface area contributed by atoms with Gasteiger partial charge in [0.2, 0.25) is 0 Å². The van der Waals surface area contributed by atoms with Gasteiger partial charge in [-0.25, -0.2) is 4.79 Å². The number of esters is 1. The summed E-state index contributed by atoms with van der Waals surface area (Å²) in [6, 6.07) is -0.173. The molecule has 0 bridgehead atoms. The molecule has 1 aliphatic heterocycles. The van der Waals surface area contributed by atoms with E-state index in [2.05, 4.69) is 10.1 Å². The first-order valence-electron chi connectivity index (χ1n) is 4.63. The third kappa shape index (κ3) is 2.19. The maximum Gasteiger partial charge on any atom is 0.339 e. The molecule has 0 spiro atoms. The molecule has 0 aromatic rings. The first kappa shape index (κ1) is 10.5. The van der Waals surface area contributed by atoms with Crippen molar-refractivity contribution in [2.45, 2.75) is 37.8 Å². The molecule has 1 aliphatic rings. The van der Waals surface area contributed by atoms with Crippen molar-refractivity contribution in [3.63, 3.8) is 0 Å². The van der Waals surface area contributed by atoms with E-state index in [-0.39, 0.29) is 6.04 Å². The van der Waals surface area contributed by atoms with Crippen LogP contribution in [0.3, 0.4) is 0 Å². The van der Waals surface area contributed by atoms with Crippen LogP contribution in [0.1, 0.15) is 26.2 Å². The second-order valence-corrected chi connectivity index (χ2v) is 3.64. The predicted molar refractivity (Wildman–Crippen MR) is 48.3 cm³/mol. The van der Waals surface area contributed by atoms with Crippen molar-refractivity contribution in [2.24, 2.45) is 0 Å². The summed E-state index contributed by atoms with van der Waals surface area (Å²) in [6.07, 6.45) is 2.97. The monoisotopic (exact) mass is 187 g/mol. The Bertz CT molecular complexity index is 185. The Morgan fingerprint density at radius 3 is 2.77 bits per heavy atom. The molecule has 0 saturated carbocycles. The largest absolute Gasteiger partial charge is 0.467 e. The van der Waals surface area contributed by atoms with Crippen LogP contribution in [0.25, 0.3) is 0 Å². The highest BCUT2D eigenvalue weighted by Crippen LogP contribution is 2.20. The minimum Gasteiger partial charge on any atom is -0.467 e. The van der Waals surface area contributed by atoms with Gasteiger partial charge in [0, 0.05) is 6.04 Å². The van der Waals surface area contributed by atoms with E-state index in [9.17, 15) is 9.90 Å². The molecule has 2 unspecified atom stereocenters. The zero-order valence-corrected chi connectivity index (χ0v) is 8.17. The quantitative estimate of drug-likeness (QED) is 0.600. The zero-order valence-electron chi connectivity index (χ0n) is 8.17. The number of ether oxygens (including phenoxy) is 1. The van der Waals surface area contributed by atoms with Gasteiger partial charge in [-0.3, -0.25) is 0 Å². The summed E-state index contributed by atoms with van der Waals surface area (Å²) in [5.74, 6) is -0.563. The van der Waals surface area contributed by atoms with Gasteiger partial charge in [0.15, 0.2) is 5.60 Å². The number of nitrogens with one attached hydrogen (secondary N) is 1. The van der Waals surface area contributed by atoms with Crippen LogP contribution in [0.4, 0.5) is 0 Å². The highest BCUT2D eigenvalue weighted by molar-refractivity contribution is 5.79. The van der Waals surface area contributed by atoms with Crippen molar-refractivity contribution in [2.75, 3.05) is 13.7 Å². The molecular formula is C9H17NO3. The van der Waals surface area contributed by atoms with E-state index in [4.69, 9.17) is 0 Å². The van der Waals surface area contributed by atoms with Crippen LogP contribution in [0.5, 0.6) is 0 Å². The van der Waals surface area contributed by atoms with Crippen LogP contribution in [-0.2, 0) is 9.53 Å². The summed E-state index contributed by atoms with van der Waals surface area (Å²) in [5, 5.41) is 13.0. The Hall–Kier alpha value is -0.610. The van der Waals surface area contributed by atoms with Gasteiger partial charge in [-0.05, 0) is 26.3 Å². The molecule has 1 fully saturated rings. The van der Waals surface area contributed by atoms with E-state index in [1.54, 1.807) is 0 Å². The lowest BCUT2D eigenvalue weighted by Crippen LogP contribution is -2.56. The molecule has 0 radical (unpaired) electrons. The van der Waals surface area contributed by atoms with Gasteiger partial charge in [-0.2, -0.15) is 0 Å².